The van der Waals surface area contributed by atoms with Crippen LogP contribution in [-0.4, -0.2) is 70.1 Å². The first-order valence-corrected chi connectivity index (χ1v) is 31.8. The van der Waals surface area contributed by atoms with Crippen LogP contribution in [0.25, 0.3) is 0 Å². The number of ether oxygens (including phenoxy) is 3. The molecule has 2 aliphatic carbocycles. The third-order valence-electron chi connectivity index (χ3n) is 16.3. The summed E-state index contributed by atoms with van der Waals surface area (Å²) in [5.41, 5.74) is 1.42. The predicted octanol–water partition coefficient (Wildman–Crippen LogP) is 14.4. The van der Waals surface area contributed by atoms with Gasteiger partial charge in [-0.25, -0.2) is 13.2 Å². The lowest BCUT2D eigenvalue weighted by molar-refractivity contribution is -0.386. The summed E-state index contributed by atoms with van der Waals surface area (Å²) >= 11 is 0. The van der Waals surface area contributed by atoms with Gasteiger partial charge in [0.1, 0.15) is 23.0 Å². The van der Waals surface area contributed by atoms with Crippen LogP contribution in [0.2, 0.25) is 16.6 Å². The van der Waals surface area contributed by atoms with Gasteiger partial charge in [-0.3, -0.25) is 14.9 Å². The molecule has 0 aromatic heterocycles. The normalized spacial score (nSPS) is 16.4. The molecule has 426 valence electrons. The van der Waals surface area contributed by atoms with Gasteiger partial charge in [-0.15, -0.1) is 0 Å². The number of benzene rings is 5. The van der Waals surface area contributed by atoms with Crippen molar-refractivity contribution in [3.8, 4) is 11.5 Å². The molecule has 1 saturated carbocycles. The summed E-state index contributed by atoms with van der Waals surface area (Å²) in [4.78, 5) is 40.1. The number of rotatable bonds is 27. The van der Waals surface area contributed by atoms with Crippen molar-refractivity contribution < 1.29 is 46.7 Å². The zero-order valence-electron chi connectivity index (χ0n) is 47.8. The number of phenols is 1. The average Bonchev–Trinajstić information content (AvgIpc) is 4.28. The van der Waals surface area contributed by atoms with Gasteiger partial charge < -0.3 is 29.1 Å². The number of phenolic OH excluding ortho intramolecular Hbond substituents is 1. The number of nitro benzene ring substituents is 1. The average molecular weight is 1130 g/mol. The van der Waals surface area contributed by atoms with Gasteiger partial charge in [0.15, 0.2) is 15.6 Å². The summed E-state index contributed by atoms with van der Waals surface area (Å²) in [7, 11) is -5.84. The Morgan fingerprint density at radius 1 is 0.787 bits per heavy atom. The second kappa shape index (κ2) is 26.7. The molecule has 1 unspecified atom stereocenters. The molecule has 2 N–H and O–H groups in total. The molecule has 0 spiro atoms. The molecule has 80 heavy (non-hydrogen) atoms. The van der Waals surface area contributed by atoms with Crippen molar-refractivity contribution in [3.63, 3.8) is 0 Å². The summed E-state index contributed by atoms with van der Waals surface area (Å²) in [5, 5.41) is 25.4. The second-order valence-corrected chi connectivity index (χ2v) is 29.9. The highest BCUT2D eigenvalue weighted by Crippen LogP contribution is 2.48. The van der Waals surface area contributed by atoms with Crippen LogP contribution in [0.1, 0.15) is 134 Å². The molecule has 0 saturated heterocycles. The molecule has 0 radical (unpaired) electrons. The Bertz CT molecular complexity index is 2990. The summed E-state index contributed by atoms with van der Waals surface area (Å²) in [6.45, 7) is 17.1. The van der Waals surface area contributed by atoms with Crippen LogP contribution in [0.15, 0.2) is 174 Å². The minimum Gasteiger partial charge on any atom is -0.502 e. The molecule has 5 aromatic carbocycles. The molecular weight excluding hydrogens is 1040 g/mol. The van der Waals surface area contributed by atoms with E-state index in [-0.39, 0.29) is 58.2 Å². The van der Waals surface area contributed by atoms with Gasteiger partial charge in [0, 0.05) is 23.5 Å². The van der Waals surface area contributed by atoms with Crippen molar-refractivity contribution in [2.75, 3.05) is 13.7 Å². The molecule has 15 heteroatoms. The standard InChI is InChI=1S/C65H80N2O11SSi/c1-45(2)80(46(3)4,47(5)6)78-61(48(7)38-39-59(79(73,74)55-35-23-14-24-36-55)56-43-54(75-9)44-57(60(56)68)67(71)72)49(8)58(77-63(70)64(40-41-64)66-62(69)50-27-15-10-16-28-50)37-25-26-42-76-65(51-29-17-11-18-30-51,52-31-19-12-20-32-52)53-33-21-13-22-34-53/h11-14,17-27,29-36,38,43-47,49,58-59,61,68H,10,15-16,28,37,39-42H2,1-9H3,(H,66,69)/b26-25+,48-38?/t49-,58-,59?,61-/m0/s1. The van der Waals surface area contributed by atoms with E-state index in [1.54, 1.807) is 24.3 Å². The number of nitrogens with one attached hydrogen (secondary N) is 1. The van der Waals surface area contributed by atoms with Crippen LogP contribution in [0.4, 0.5) is 5.69 Å². The number of carbonyl (C=O) groups is 2. The lowest BCUT2D eigenvalue weighted by Gasteiger charge is -2.47. The number of esters is 1. The molecule has 1 amide bonds. The van der Waals surface area contributed by atoms with E-state index in [1.165, 1.54) is 25.3 Å². The van der Waals surface area contributed by atoms with Crippen LogP contribution in [-0.2, 0) is 38.9 Å². The SMILES string of the molecule is COc1cc(C(CC=C(C)[C@H](O[Si](C(C)C)(C(C)C)C(C)C)[C@@H](C)[C@H](C/C=C/COC(c2ccccc2)(c2ccccc2)c2ccccc2)OC(=O)C2(NC(=O)C3=CCCCC3)CC2)S(=O)(=O)c2ccccc2)c(O)c([N+](=O)[O-])c1. The fraction of sp³-hybridized carbons (Fsp3) is 0.415. The van der Waals surface area contributed by atoms with Crippen molar-refractivity contribution in [2.45, 2.75) is 157 Å². The molecule has 4 atom stereocenters. The molecule has 5 aromatic rings. The topological polar surface area (TPSA) is 181 Å². The van der Waals surface area contributed by atoms with Gasteiger partial charge in [-0.05, 0) is 109 Å². The lowest BCUT2D eigenvalue weighted by Crippen LogP contribution is -2.53. The van der Waals surface area contributed by atoms with Crippen LogP contribution < -0.4 is 10.1 Å². The maximum absolute atomic E-state index is 14.9. The fourth-order valence-electron chi connectivity index (χ4n) is 11.9. The highest BCUT2D eigenvalue weighted by Gasteiger charge is 2.55. The number of hydrogen-bond donors (Lipinski definition) is 2. The third-order valence-corrected chi connectivity index (χ3v) is 24.5. The largest absolute Gasteiger partial charge is 0.502 e. The zero-order valence-corrected chi connectivity index (χ0v) is 49.6. The fourth-order valence-corrected chi connectivity index (χ4v) is 19.3. The Hall–Kier alpha value is -6.65. The zero-order chi connectivity index (χ0) is 57.8. The number of hydrogen-bond acceptors (Lipinski definition) is 11. The third kappa shape index (κ3) is 13.4. The summed E-state index contributed by atoms with van der Waals surface area (Å²) in [6.07, 6.45) is 10.2. The van der Waals surface area contributed by atoms with Gasteiger partial charge in [-0.2, -0.15) is 0 Å². The first-order chi connectivity index (χ1) is 38.2. The Kier molecular flexibility index (Phi) is 20.4. The van der Waals surface area contributed by atoms with E-state index >= 15 is 0 Å². The lowest BCUT2D eigenvalue weighted by atomic mass is 9.80. The van der Waals surface area contributed by atoms with E-state index in [1.807, 2.05) is 86.7 Å². The Morgan fingerprint density at radius 2 is 1.32 bits per heavy atom. The Balaban J connectivity index is 1.32. The van der Waals surface area contributed by atoms with E-state index in [4.69, 9.17) is 18.6 Å². The molecule has 0 heterocycles. The minimum absolute atomic E-state index is 0.00367. The first-order valence-electron chi connectivity index (χ1n) is 28.1. The van der Waals surface area contributed by atoms with E-state index in [9.17, 15) is 33.2 Å². The maximum Gasteiger partial charge on any atom is 0.332 e. The molecule has 1 fully saturated rings. The number of nitro groups is 1. The molecule has 0 bridgehead atoms. The summed E-state index contributed by atoms with van der Waals surface area (Å²) in [5.74, 6) is -2.15. The van der Waals surface area contributed by atoms with Crippen molar-refractivity contribution in [1.82, 2.24) is 5.32 Å². The van der Waals surface area contributed by atoms with Crippen LogP contribution >= 0.6 is 0 Å². The number of amides is 1. The van der Waals surface area contributed by atoms with Gasteiger partial charge in [0.05, 0.1) is 41.0 Å². The number of allylic oxidation sites excluding steroid dienone is 2. The number of methoxy groups -OCH3 is 1. The Morgan fingerprint density at radius 3 is 1.80 bits per heavy atom. The Labute approximate surface area is 474 Å². The van der Waals surface area contributed by atoms with E-state index in [0.29, 0.717) is 30.4 Å². The minimum atomic E-state index is -4.35. The van der Waals surface area contributed by atoms with Crippen molar-refractivity contribution in [2.24, 2.45) is 5.92 Å². The summed E-state index contributed by atoms with van der Waals surface area (Å²) < 4.78 is 56.8. The van der Waals surface area contributed by atoms with Gasteiger partial charge in [-0.1, -0.05) is 182 Å². The van der Waals surface area contributed by atoms with E-state index in [0.717, 1.165) is 42.0 Å². The van der Waals surface area contributed by atoms with Gasteiger partial charge in [0.25, 0.3) is 0 Å². The quantitative estimate of drug-likeness (QED) is 0.0128. The van der Waals surface area contributed by atoms with Crippen molar-refractivity contribution in [3.05, 3.63) is 201 Å². The van der Waals surface area contributed by atoms with E-state index < -0.39 is 75.0 Å². The number of aromatic hydroxyl groups is 1. The smallest absolute Gasteiger partial charge is 0.332 e. The monoisotopic (exact) mass is 1120 g/mol. The highest BCUT2D eigenvalue weighted by molar-refractivity contribution is 7.91. The van der Waals surface area contributed by atoms with Gasteiger partial charge in [0.2, 0.25) is 14.2 Å². The highest BCUT2D eigenvalue weighted by atomic mass is 32.2. The van der Waals surface area contributed by atoms with Crippen LogP contribution in [0, 0.1) is 16.0 Å². The number of carbonyl (C=O) groups excluding carboxylic acids is 2. The molecule has 7 rings (SSSR count). The maximum atomic E-state index is 14.9. The molecular formula is C65H80N2O11SSi. The predicted molar refractivity (Wildman–Crippen MR) is 317 cm³/mol. The number of nitrogens with zero attached hydrogens (tertiary/aromatic N) is 1. The molecule has 0 aliphatic heterocycles. The second-order valence-electron chi connectivity index (χ2n) is 22.3. The first kappa shape index (κ1) is 61.0. The van der Waals surface area contributed by atoms with Gasteiger partial charge >= 0.3 is 11.7 Å². The molecule has 13 nitrogen and oxygen atoms in total. The van der Waals surface area contributed by atoms with E-state index in [2.05, 4.69) is 83.3 Å². The van der Waals surface area contributed by atoms with Crippen molar-refractivity contribution >= 4 is 35.7 Å². The van der Waals surface area contributed by atoms with Crippen LogP contribution in [0.3, 0.4) is 0 Å². The van der Waals surface area contributed by atoms with Crippen molar-refractivity contribution in [1.29, 1.82) is 0 Å². The number of sulfone groups is 1. The summed E-state index contributed by atoms with van der Waals surface area (Å²) in [6, 6.07) is 40.5. The van der Waals surface area contributed by atoms with Crippen LogP contribution in [0.5, 0.6) is 11.5 Å². The molecule has 2 aliphatic rings.